The number of alkyl carbamates (subject to hydrolysis) is 1. The number of carbonyl (C=O) groups is 3. The minimum Gasteiger partial charge on any atom is -0.444 e. The van der Waals surface area contributed by atoms with Crippen molar-refractivity contribution in [3.63, 3.8) is 0 Å². The fourth-order valence-electron chi connectivity index (χ4n) is 1.31. The molecule has 0 aromatic heterocycles. The quantitative estimate of drug-likeness (QED) is 0.691. The van der Waals surface area contributed by atoms with E-state index in [1.807, 2.05) is 0 Å². The molecule has 0 aliphatic rings. The van der Waals surface area contributed by atoms with Gasteiger partial charge in [-0.15, -0.1) is 0 Å². The number of ketones is 2. The molecule has 0 bridgehead atoms. The lowest BCUT2D eigenvalue weighted by atomic mass is 10.1. The molecule has 1 amide bonds. The lowest BCUT2D eigenvalue weighted by Gasteiger charge is -2.19. The lowest BCUT2D eigenvalue weighted by molar-refractivity contribution is -0.124. The van der Waals surface area contributed by atoms with Crippen LogP contribution in [0, 0.1) is 0 Å². The summed E-state index contributed by atoms with van der Waals surface area (Å²) in [6.45, 7) is 5.83. The smallest absolute Gasteiger partial charge is 0.407 e. The zero-order valence-corrected chi connectivity index (χ0v) is 12.0. The second kappa shape index (κ2) is 8.63. The highest BCUT2D eigenvalue weighted by Gasteiger charge is 2.15. The van der Waals surface area contributed by atoms with E-state index in [-0.39, 0.29) is 37.4 Å². The van der Waals surface area contributed by atoms with Crippen molar-refractivity contribution in [2.75, 3.05) is 13.1 Å². The van der Waals surface area contributed by atoms with E-state index in [2.05, 4.69) is 5.32 Å². The number of ether oxygens (including phenoxy) is 1. The molecule has 19 heavy (non-hydrogen) atoms. The largest absolute Gasteiger partial charge is 0.444 e. The van der Waals surface area contributed by atoms with Crippen LogP contribution < -0.4 is 11.1 Å². The van der Waals surface area contributed by atoms with Crippen LogP contribution in [0.25, 0.3) is 0 Å². The number of carbonyl (C=O) groups excluding carboxylic acids is 3. The van der Waals surface area contributed by atoms with Gasteiger partial charge in [-0.3, -0.25) is 9.59 Å². The first-order chi connectivity index (χ1) is 8.74. The average molecular weight is 272 g/mol. The lowest BCUT2D eigenvalue weighted by Crippen LogP contribution is -2.33. The minimum atomic E-state index is -0.553. The summed E-state index contributed by atoms with van der Waals surface area (Å²) in [7, 11) is 0. The molecular weight excluding hydrogens is 248 g/mol. The molecule has 0 rings (SSSR count). The Kier molecular flexibility index (Phi) is 7.98. The van der Waals surface area contributed by atoms with Gasteiger partial charge in [-0.05, 0) is 27.3 Å². The molecule has 0 saturated heterocycles. The first kappa shape index (κ1) is 17.6. The summed E-state index contributed by atoms with van der Waals surface area (Å²) in [5, 5.41) is 2.50. The number of nitrogens with two attached hydrogens (primary N) is 1. The first-order valence-corrected chi connectivity index (χ1v) is 6.45. The maximum atomic E-state index is 11.4. The maximum Gasteiger partial charge on any atom is 0.407 e. The van der Waals surface area contributed by atoms with Crippen LogP contribution in [-0.4, -0.2) is 36.4 Å². The molecular formula is C13H24N2O4. The Hall–Kier alpha value is -1.43. The van der Waals surface area contributed by atoms with E-state index in [9.17, 15) is 14.4 Å². The molecule has 0 radical (unpaired) electrons. The fourth-order valence-corrected chi connectivity index (χ4v) is 1.31. The van der Waals surface area contributed by atoms with Crippen molar-refractivity contribution < 1.29 is 19.1 Å². The van der Waals surface area contributed by atoms with Crippen molar-refractivity contribution in [1.82, 2.24) is 5.32 Å². The number of hydrogen-bond acceptors (Lipinski definition) is 5. The van der Waals surface area contributed by atoms with E-state index < -0.39 is 11.7 Å². The third-order valence-corrected chi connectivity index (χ3v) is 2.18. The predicted octanol–water partition coefficient (Wildman–Crippen LogP) is 1.17. The van der Waals surface area contributed by atoms with Gasteiger partial charge in [0.2, 0.25) is 0 Å². The van der Waals surface area contributed by atoms with Gasteiger partial charge in [-0.1, -0.05) is 0 Å². The zero-order chi connectivity index (χ0) is 14.9. The van der Waals surface area contributed by atoms with Crippen molar-refractivity contribution in [3.8, 4) is 0 Å². The van der Waals surface area contributed by atoms with E-state index >= 15 is 0 Å². The zero-order valence-electron chi connectivity index (χ0n) is 12.0. The number of hydrogen-bond donors (Lipinski definition) is 2. The van der Waals surface area contributed by atoms with Gasteiger partial charge < -0.3 is 15.8 Å². The topological polar surface area (TPSA) is 98.5 Å². The van der Waals surface area contributed by atoms with E-state index in [0.717, 1.165) is 0 Å². The van der Waals surface area contributed by atoms with E-state index in [1.54, 1.807) is 20.8 Å². The van der Waals surface area contributed by atoms with Crippen LogP contribution in [0.5, 0.6) is 0 Å². The number of rotatable bonds is 8. The first-order valence-electron chi connectivity index (χ1n) is 6.45. The molecule has 0 heterocycles. The predicted molar refractivity (Wildman–Crippen MR) is 71.8 cm³/mol. The Morgan fingerprint density at radius 2 is 1.53 bits per heavy atom. The second-order valence-corrected chi connectivity index (χ2v) is 5.29. The summed E-state index contributed by atoms with van der Waals surface area (Å²) in [6.07, 6.45) is 0.398. The van der Waals surface area contributed by atoms with E-state index in [1.165, 1.54) is 0 Å². The molecule has 0 saturated carbocycles. The van der Waals surface area contributed by atoms with Crippen LogP contribution in [0.3, 0.4) is 0 Å². The summed E-state index contributed by atoms with van der Waals surface area (Å²) >= 11 is 0. The molecule has 0 aliphatic carbocycles. The van der Waals surface area contributed by atoms with Crippen LogP contribution in [0.1, 0.15) is 46.5 Å². The van der Waals surface area contributed by atoms with E-state index in [4.69, 9.17) is 10.5 Å². The fraction of sp³-hybridized carbons (Fsp3) is 0.769. The van der Waals surface area contributed by atoms with Crippen molar-refractivity contribution in [3.05, 3.63) is 0 Å². The van der Waals surface area contributed by atoms with Gasteiger partial charge in [-0.25, -0.2) is 4.79 Å². The van der Waals surface area contributed by atoms with Crippen LogP contribution in [0.15, 0.2) is 0 Å². The second-order valence-electron chi connectivity index (χ2n) is 5.29. The molecule has 0 fully saturated rings. The van der Waals surface area contributed by atoms with Gasteiger partial charge in [0.15, 0.2) is 0 Å². The molecule has 0 atom stereocenters. The Labute approximate surface area is 114 Å². The van der Waals surface area contributed by atoms with Crippen molar-refractivity contribution >= 4 is 17.7 Å². The van der Waals surface area contributed by atoms with Crippen LogP contribution in [-0.2, 0) is 14.3 Å². The standard InChI is InChI=1S/C13H24N2O4/c1-13(2,3)19-12(18)15-9-7-11(17)5-4-10(16)6-8-14/h4-9,14H2,1-3H3,(H,15,18). The van der Waals surface area contributed by atoms with Crippen molar-refractivity contribution in [2.24, 2.45) is 5.73 Å². The van der Waals surface area contributed by atoms with Gasteiger partial charge in [0.25, 0.3) is 0 Å². The molecule has 0 aromatic rings. The van der Waals surface area contributed by atoms with Gasteiger partial charge >= 0.3 is 6.09 Å². The van der Waals surface area contributed by atoms with Crippen molar-refractivity contribution in [1.29, 1.82) is 0 Å². The van der Waals surface area contributed by atoms with Crippen LogP contribution >= 0.6 is 0 Å². The Bertz CT molecular complexity index is 321. The Morgan fingerprint density at radius 1 is 1.00 bits per heavy atom. The van der Waals surface area contributed by atoms with Crippen LogP contribution in [0.2, 0.25) is 0 Å². The molecule has 0 unspecified atom stereocenters. The van der Waals surface area contributed by atoms with Gasteiger partial charge in [0.05, 0.1) is 0 Å². The highest BCUT2D eigenvalue weighted by Crippen LogP contribution is 2.06. The third-order valence-electron chi connectivity index (χ3n) is 2.18. The Balaban J connectivity index is 3.69. The molecule has 0 aliphatic heterocycles. The monoisotopic (exact) mass is 272 g/mol. The highest BCUT2D eigenvalue weighted by atomic mass is 16.6. The SMILES string of the molecule is CC(C)(C)OC(=O)NCCC(=O)CCC(=O)CCN. The highest BCUT2D eigenvalue weighted by molar-refractivity contribution is 5.86. The van der Waals surface area contributed by atoms with Crippen molar-refractivity contribution in [2.45, 2.75) is 52.1 Å². The summed E-state index contributed by atoms with van der Waals surface area (Å²) in [5.41, 5.74) is 4.68. The summed E-state index contributed by atoms with van der Waals surface area (Å²) in [6, 6.07) is 0. The number of nitrogens with one attached hydrogen (secondary N) is 1. The molecule has 6 heteroatoms. The van der Waals surface area contributed by atoms with E-state index in [0.29, 0.717) is 13.0 Å². The summed E-state index contributed by atoms with van der Waals surface area (Å²) < 4.78 is 5.02. The van der Waals surface area contributed by atoms with Gasteiger partial charge in [0.1, 0.15) is 17.2 Å². The molecule has 0 aromatic carbocycles. The molecule has 0 spiro atoms. The maximum absolute atomic E-state index is 11.4. The molecule has 110 valence electrons. The Morgan fingerprint density at radius 3 is 2.00 bits per heavy atom. The molecule has 3 N–H and O–H groups in total. The third kappa shape index (κ3) is 11.4. The normalized spacial score (nSPS) is 10.9. The average Bonchev–Trinajstić information content (AvgIpc) is 2.24. The minimum absolute atomic E-state index is 0.00375. The van der Waals surface area contributed by atoms with Gasteiger partial charge in [-0.2, -0.15) is 0 Å². The molecule has 6 nitrogen and oxygen atoms in total. The number of Topliss-reactive ketones (excluding diaryl/α,β-unsaturated/α-hetero) is 2. The number of amides is 1. The van der Waals surface area contributed by atoms with Gasteiger partial charge in [0, 0.05) is 32.2 Å². The summed E-state index contributed by atoms with van der Waals surface area (Å²) in [5.74, 6) is -0.0580. The van der Waals surface area contributed by atoms with Crippen LogP contribution in [0.4, 0.5) is 4.79 Å². The summed E-state index contributed by atoms with van der Waals surface area (Å²) in [4.78, 5) is 33.9.